The maximum Gasteiger partial charge on any atom is 0.135 e. The number of benzene rings is 7. The lowest BCUT2D eigenvalue weighted by atomic mass is 10.00. The normalized spacial score (nSPS) is 16.4. The predicted molar refractivity (Wildman–Crippen MR) is 216 cm³/mol. The van der Waals surface area contributed by atoms with E-state index in [9.17, 15) is 0 Å². The molecule has 7 aromatic carbocycles. The molecular weight excluding hydrogens is 663 g/mol. The van der Waals surface area contributed by atoms with E-state index in [1.165, 1.54) is 57.0 Å². The lowest BCUT2D eigenvalue weighted by Gasteiger charge is -2.32. The number of nitrogens with zero attached hydrogens (tertiary/aromatic N) is 1. The van der Waals surface area contributed by atoms with Crippen molar-refractivity contribution in [3.63, 3.8) is 0 Å². The van der Waals surface area contributed by atoms with Gasteiger partial charge in [-0.1, -0.05) is 121 Å². The topological polar surface area (TPSA) is 49.6 Å². The molecule has 1 aliphatic rings. The number of hydrogen-bond donors (Lipinski definition) is 2. The Kier molecular flexibility index (Phi) is 6.46. The van der Waals surface area contributed by atoms with Crippen molar-refractivity contribution in [2.24, 2.45) is 4.99 Å². The summed E-state index contributed by atoms with van der Waals surface area (Å²) in [5, 5.41) is 15.0. The summed E-state index contributed by atoms with van der Waals surface area (Å²) >= 11 is 3.77. The summed E-state index contributed by atoms with van der Waals surface area (Å²) in [7, 11) is 0. The van der Waals surface area contributed by atoms with Gasteiger partial charge in [0, 0.05) is 67.8 Å². The number of rotatable bonds is 4. The quantitative estimate of drug-likeness (QED) is 0.193. The summed E-state index contributed by atoms with van der Waals surface area (Å²) < 4.78 is 11.4. The minimum atomic E-state index is -0.254. The first-order chi connectivity index (χ1) is 25.2. The zero-order valence-corrected chi connectivity index (χ0v) is 28.9. The fraction of sp³-hybridized carbons (Fsp3) is 0.0444. The Morgan fingerprint density at radius 3 is 1.96 bits per heavy atom. The number of nitrogens with one attached hydrogen (secondary N) is 2. The highest BCUT2D eigenvalue weighted by atomic mass is 32.1. The van der Waals surface area contributed by atoms with Gasteiger partial charge in [0.05, 0.1) is 0 Å². The van der Waals surface area contributed by atoms with Crippen LogP contribution in [0.1, 0.15) is 29.0 Å². The number of aliphatic imine (C=N–C) groups is 1. The third-order valence-electron chi connectivity index (χ3n) is 10.2. The van der Waals surface area contributed by atoms with Crippen LogP contribution in [0.3, 0.4) is 0 Å². The Morgan fingerprint density at radius 1 is 0.490 bits per heavy atom. The standard InChI is InChI=1S/C45H29N3OS2/c1-2-10-26(11-3-1)43-46-44(27-21-23-38-36(24-27)29-12-4-6-18-37(29)49-38)48-45(47-43)28-20-22-31-33-15-9-17-35(42(33)51-40(31)25-28)34-16-8-14-32-30-13-5-7-19-39(30)50-41(32)34/h1-25,44-45,48H,(H,46,47). The molecule has 0 amide bonds. The van der Waals surface area contributed by atoms with Crippen molar-refractivity contribution in [3.05, 3.63) is 168 Å². The molecule has 0 fully saturated rings. The lowest BCUT2D eigenvalue weighted by Crippen LogP contribution is -2.44. The van der Waals surface area contributed by atoms with Gasteiger partial charge in [-0.3, -0.25) is 5.32 Å². The molecule has 11 rings (SSSR count). The second-order valence-electron chi connectivity index (χ2n) is 13.2. The smallest absolute Gasteiger partial charge is 0.135 e. The molecule has 2 N–H and O–H groups in total. The lowest BCUT2D eigenvalue weighted by molar-refractivity contribution is 0.409. The minimum Gasteiger partial charge on any atom is -0.456 e. The molecule has 0 aliphatic carbocycles. The highest BCUT2D eigenvalue weighted by molar-refractivity contribution is 7.27. The van der Waals surface area contributed by atoms with Crippen LogP contribution in [0.15, 0.2) is 161 Å². The monoisotopic (exact) mass is 691 g/mol. The summed E-state index contributed by atoms with van der Waals surface area (Å²) in [4.78, 5) is 5.22. The Morgan fingerprint density at radius 2 is 1.14 bits per heavy atom. The number of para-hydroxylation sites is 1. The van der Waals surface area contributed by atoms with Crippen molar-refractivity contribution in [2.75, 3.05) is 0 Å². The fourth-order valence-electron chi connectivity index (χ4n) is 7.72. The van der Waals surface area contributed by atoms with Crippen LogP contribution in [0, 0.1) is 0 Å². The number of amidine groups is 1. The van der Waals surface area contributed by atoms with Gasteiger partial charge in [-0.15, -0.1) is 22.7 Å². The van der Waals surface area contributed by atoms with Gasteiger partial charge >= 0.3 is 0 Å². The molecule has 2 atom stereocenters. The van der Waals surface area contributed by atoms with E-state index in [1.54, 1.807) is 0 Å². The number of hydrogen-bond acceptors (Lipinski definition) is 6. The maximum absolute atomic E-state index is 6.15. The van der Waals surface area contributed by atoms with E-state index >= 15 is 0 Å². The van der Waals surface area contributed by atoms with Gasteiger partial charge in [0.25, 0.3) is 0 Å². The molecule has 10 aromatic rings. The van der Waals surface area contributed by atoms with Gasteiger partial charge in [-0.25, -0.2) is 4.99 Å². The molecule has 2 unspecified atom stereocenters. The molecule has 0 saturated heterocycles. The van der Waals surface area contributed by atoms with Crippen LogP contribution in [0.2, 0.25) is 0 Å². The number of fused-ring (bicyclic) bond motifs is 9. The van der Waals surface area contributed by atoms with E-state index in [4.69, 9.17) is 9.41 Å². The third kappa shape index (κ3) is 4.65. The first kappa shape index (κ1) is 29.0. The van der Waals surface area contributed by atoms with Gasteiger partial charge in [0.2, 0.25) is 0 Å². The average Bonchev–Trinajstić information content (AvgIpc) is 3.89. The molecular formula is C45H29N3OS2. The number of thiophene rings is 2. The second-order valence-corrected chi connectivity index (χ2v) is 15.3. The Balaban J connectivity index is 1.02. The maximum atomic E-state index is 6.15. The van der Waals surface area contributed by atoms with Crippen LogP contribution in [-0.4, -0.2) is 5.84 Å². The van der Waals surface area contributed by atoms with Crippen LogP contribution in [-0.2, 0) is 0 Å². The molecule has 0 spiro atoms. The molecule has 242 valence electrons. The summed E-state index contributed by atoms with van der Waals surface area (Å²) in [5.41, 5.74) is 7.71. The van der Waals surface area contributed by atoms with Crippen LogP contribution in [0.4, 0.5) is 0 Å². The fourth-order valence-corrected chi connectivity index (χ4v) is 10.2. The van der Waals surface area contributed by atoms with Gasteiger partial charge in [0.1, 0.15) is 29.3 Å². The van der Waals surface area contributed by atoms with Crippen LogP contribution in [0.5, 0.6) is 0 Å². The SMILES string of the molecule is c1ccc(C2=NC(c3ccc4oc5ccccc5c4c3)NC(c3ccc4c(c3)sc3c(-c5cccc6c5sc5ccccc56)cccc34)N2)cc1. The van der Waals surface area contributed by atoms with E-state index in [0.29, 0.717) is 0 Å². The highest BCUT2D eigenvalue weighted by Gasteiger charge is 2.27. The van der Waals surface area contributed by atoms with E-state index in [1.807, 2.05) is 40.9 Å². The van der Waals surface area contributed by atoms with Crippen molar-refractivity contribution in [1.82, 2.24) is 10.6 Å². The molecule has 1 aliphatic heterocycles. The summed E-state index contributed by atoms with van der Waals surface area (Å²) in [6.45, 7) is 0. The Labute approximate surface area is 301 Å². The molecule has 4 heterocycles. The van der Waals surface area contributed by atoms with E-state index in [-0.39, 0.29) is 12.3 Å². The Bertz CT molecular complexity index is 3010. The predicted octanol–water partition coefficient (Wildman–Crippen LogP) is 12.3. The molecule has 3 aromatic heterocycles. The molecule has 0 saturated carbocycles. The van der Waals surface area contributed by atoms with Crippen molar-refractivity contribution in [1.29, 1.82) is 0 Å². The van der Waals surface area contributed by atoms with Gasteiger partial charge in [-0.2, -0.15) is 0 Å². The summed E-state index contributed by atoms with van der Waals surface area (Å²) in [6, 6.07) is 54.2. The first-order valence-corrected chi connectivity index (χ1v) is 18.8. The van der Waals surface area contributed by atoms with Crippen molar-refractivity contribution >= 4 is 90.8 Å². The minimum absolute atomic E-state index is 0.152. The van der Waals surface area contributed by atoms with E-state index in [0.717, 1.165) is 38.9 Å². The largest absolute Gasteiger partial charge is 0.456 e. The Hall–Kier alpha value is -5.79. The van der Waals surface area contributed by atoms with Gasteiger partial charge in [-0.05, 0) is 41.5 Å². The molecule has 0 radical (unpaired) electrons. The molecule has 51 heavy (non-hydrogen) atoms. The second kappa shape index (κ2) is 11.4. The molecule has 6 heteroatoms. The van der Waals surface area contributed by atoms with E-state index in [2.05, 4.69) is 144 Å². The highest BCUT2D eigenvalue weighted by Crippen LogP contribution is 2.45. The van der Waals surface area contributed by atoms with Crippen LogP contribution < -0.4 is 10.6 Å². The number of furan rings is 1. The van der Waals surface area contributed by atoms with Gasteiger partial charge < -0.3 is 9.73 Å². The third-order valence-corrected chi connectivity index (χ3v) is 12.6. The van der Waals surface area contributed by atoms with Gasteiger partial charge in [0.15, 0.2) is 0 Å². The summed E-state index contributed by atoms with van der Waals surface area (Å²) in [5.74, 6) is 0.872. The van der Waals surface area contributed by atoms with Crippen molar-refractivity contribution in [2.45, 2.75) is 12.3 Å². The van der Waals surface area contributed by atoms with Crippen molar-refractivity contribution in [3.8, 4) is 11.1 Å². The zero-order chi connectivity index (χ0) is 33.5. The average molecular weight is 692 g/mol. The van der Waals surface area contributed by atoms with Crippen LogP contribution in [0.25, 0.3) is 73.4 Å². The first-order valence-electron chi connectivity index (χ1n) is 17.2. The van der Waals surface area contributed by atoms with Crippen molar-refractivity contribution < 1.29 is 4.42 Å². The van der Waals surface area contributed by atoms with E-state index < -0.39 is 0 Å². The zero-order valence-electron chi connectivity index (χ0n) is 27.3. The van der Waals surface area contributed by atoms with Crippen LogP contribution >= 0.6 is 22.7 Å². The molecule has 0 bridgehead atoms. The molecule has 4 nitrogen and oxygen atoms in total. The summed E-state index contributed by atoms with van der Waals surface area (Å²) in [6.07, 6.45) is -0.406.